The summed E-state index contributed by atoms with van der Waals surface area (Å²) in [6.45, 7) is 0.795. The van der Waals surface area contributed by atoms with Crippen LogP contribution in [0.4, 0.5) is 0 Å². The quantitative estimate of drug-likeness (QED) is 0.897. The molecular weight excluding hydrogens is 284 g/mol. The molecule has 1 aliphatic heterocycles. The average Bonchev–Trinajstić information content (AvgIpc) is 2.99. The largest absolute Gasteiger partial charge is 0.354 e. The van der Waals surface area contributed by atoms with Gasteiger partial charge in [-0.3, -0.25) is 4.79 Å². The molecule has 3 heteroatoms. The highest BCUT2D eigenvalue weighted by Crippen LogP contribution is 2.43. The third-order valence-corrected chi connectivity index (χ3v) is 6.48. The van der Waals surface area contributed by atoms with E-state index in [1.165, 1.54) is 50.5 Å². The number of amides is 1. The van der Waals surface area contributed by atoms with Crippen LogP contribution in [-0.4, -0.2) is 24.5 Å². The molecule has 0 aromatic heterocycles. The van der Waals surface area contributed by atoms with E-state index in [-0.39, 0.29) is 17.4 Å². The summed E-state index contributed by atoms with van der Waals surface area (Å²) >= 11 is 0. The van der Waals surface area contributed by atoms with E-state index in [1.807, 2.05) is 0 Å². The first-order valence-corrected chi connectivity index (χ1v) is 9.36. The lowest BCUT2D eigenvalue weighted by molar-refractivity contribution is -0.123. The van der Waals surface area contributed by atoms with Crippen LogP contribution in [0.25, 0.3) is 0 Å². The molecule has 1 saturated heterocycles. The molecule has 0 spiro atoms. The van der Waals surface area contributed by atoms with E-state index in [0.717, 1.165) is 18.9 Å². The zero-order valence-corrected chi connectivity index (χ0v) is 13.9. The third-order valence-electron chi connectivity index (χ3n) is 6.48. The Bertz CT molecular complexity index is 538. The van der Waals surface area contributed by atoms with E-state index in [9.17, 15) is 4.79 Å². The topological polar surface area (TPSA) is 41.1 Å². The Labute approximate surface area is 139 Å². The highest BCUT2D eigenvalue weighted by atomic mass is 16.2. The molecule has 1 aromatic rings. The molecule has 3 atom stereocenters. The summed E-state index contributed by atoms with van der Waals surface area (Å²) in [5, 5.41) is 6.87. The molecule has 1 aromatic carbocycles. The Morgan fingerprint density at radius 3 is 2.61 bits per heavy atom. The first kappa shape index (κ1) is 15.2. The standard InChI is InChI=1S/C20H28N2O/c23-19(18-13-15-7-4-5-10-17(15)22-18)21-14-20(11-6-12-20)16-8-2-1-3-9-16/h1-3,8-9,15,17-18,22H,4-7,10-14H2,(H,21,23). The van der Waals surface area contributed by atoms with Crippen molar-refractivity contribution in [3.8, 4) is 0 Å². The number of hydrogen-bond acceptors (Lipinski definition) is 2. The van der Waals surface area contributed by atoms with Gasteiger partial charge in [0.05, 0.1) is 6.04 Å². The van der Waals surface area contributed by atoms with Crippen LogP contribution in [0.15, 0.2) is 30.3 Å². The highest BCUT2D eigenvalue weighted by molar-refractivity contribution is 5.82. The van der Waals surface area contributed by atoms with Crippen LogP contribution >= 0.6 is 0 Å². The van der Waals surface area contributed by atoms with Crippen molar-refractivity contribution in [1.29, 1.82) is 0 Å². The molecule has 3 unspecified atom stereocenters. The summed E-state index contributed by atoms with van der Waals surface area (Å²) in [7, 11) is 0. The molecule has 124 valence electrons. The summed E-state index contributed by atoms with van der Waals surface area (Å²) in [5.74, 6) is 0.952. The lowest BCUT2D eigenvalue weighted by Gasteiger charge is -2.42. The first-order valence-electron chi connectivity index (χ1n) is 9.36. The van der Waals surface area contributed by atoms with Crippen molar-refractivity contribution in [2.75, 3.05) is 6.54 Å². The van der Waals surface area contributed by atoms with Gasteiger partial charge in [0.25, 0.3) is 0 Å². The van der Waals surface area contributed by atoms with Gasteiger partial charge in [-0.2, -0.15) is 0 Å². The van der Waals surface area contributed by atoms with E-state index >= 15 is 0 Å². The van der Waals surface area contributed by atoms with Crippen molar-refractivity contribution in [3.05, 3.63) is 35.9 Å². The molecule has 0 radical (unpaired) electrons. The van der Waals surface area contributed by atoms with Crippen LogP contribution in [0.2, 0.25) is 0 Å². The minimum Gasteiger partial charge on any atom is -0.354 e. The third kappa shape index (κ3) is 2.91. The molecular formula is C20H28N2O. The average molecular weight is 312 g/mol. The summed E-state index contributed by atoms with van der Waals surface area (Å²) in [6, 6.07) is 11.4. The second-order valence-electron chi connectivity index (χ2n) is 7.82. The van der Waals surface area contributed by atoms with Crippen molar-refractivity contribution < 1.29 is 4.79 Å². The van der Waals surface area contributed by atoms with Crippen LogP contribution in [0.3, 0.4) is 0 Å². The predicted molar refractivity (Wildman–Crippen MR) is 92.3 cm³/mol. The van der Waals surface area contributed by atoms with Crippen molar-refractivity contribution in [2.45, 2.75) is 68.9 Å². The van der Waals surface area contributed by atoms with Gasteiger partial charge in [0, 0.05) is 18.0 Å². The van der Waals surface area contributed by atoms with Gasteiger partial charge in [-0.05, 0) is 43.6 Å². The molecule has 23 heavy (non-hydrogen) atoms. The van der Waals surface area contributed by atoms with Gasteiger partial charge < -0.3 is 10.6 Å². The summed E-state index contributed by atoms with van der Waals surface area (Å²) in [4.78, 5) is 12.6. The van der Waals surface area contributed by atoms with E-state index in [4.69, 9.17) is 0 Å². The second kappa shape index (κ2) is 6.27. The van der Waals surface area contributed by atoms with Crippen molar-refractivity contribution >= 4 is 5.91 Å². The molecule has 3 nitrogen and oxygen atoms in total. The molecule has 0 bridgehead atoms. The zero-order chi connectivity index (χ0) is 15.7. The normalized spacial score (nSPS) is 31.9. The number of fused-ring (bicyclic) bond motifs is 1. The summed E-state index contributed by atoms with van der Waals surface area (Å²) in [6.07, 6.45) is 9.92. The van der Waals surface area contributed by atoms with Crippen LogP contribution < -0.4 is 10.6 Å². The number of benzene rings is 1. The minimum absolute atomic E-state index is 0.0380. The molecule has 3 fully saturated rings. The molecule has 1 amide bonds. The van der Waals surface area contributed by atoms with E-state index in [0.29, 0.717) is 6.04 Å². The Balaban J connectivity index is 1.36. The maximum Gasteiger partial charge on any atom is 0.237 e. The first-order chi connectivity index (χ1) is 11.3. The fourth-order valence-corrected chi connectivity index (χ4v) is 4.86. The smallest absolute Gasteiger partial charge is 0.237 e. The van der Waals surface area contributed by atoms with Crippen molar-refractivity contribution in [3.63, 3.8) is 0 Å². The number of nitrogens with one attached hydrogen (secondary N) is 2. The van der Waals surface area contributed by atoms with Crippen molar-refractivity contribution in [2.24, 2.45) is 5.92 Å². The van der Waals surface area contributed by atoms with E-state index < -0.39 is 0 Å². The summed E-state index contributed by atoms with van der Waals surface area (Å²) < 4.78 is 0. The van der Waals surface area contributed by atoms with Gasteiger partial charge in [-0.25, -0.2) is 0 Å². The second-order valence-corrected chi connectivity index (χ2v) is 7.82. The molecule has 3 aliphatic rings. The molecule has 2 aliphatic carbocycles. The lowest BCUT2D eigenvalue weighted by atomic mass is 9.64. The van der Waals surface area contributed by atoms with E-state index in [1.54, 1.807) is 0 Å². The minimum atomic E-state index is 0.0380. The molecule has 1 heterocycles. The lowest BCUT2D eigenvalue weighted by Crippen LogP contribution is -2.50. The van der Waals surface area contributed by atoms with Crippen LogP contribution in [-0.2, 0) is 10.2 Å². The van der Waals surface area contributed by atoms with Crippen LogP contribution in [0.5, 0.6) is 0 Å². The van der Waals surface area contributed by atoms with Crippen LogP contribution in [0, 0.1) is 5.92 Å². The SMILES string of the molecule is O=C(NCC1(c2ccccc2)CCC1)C1CC2CCCCC2N1. The predicted octanol–water partition coefficient (Wildman–Crippen LogP) is 3.15. The number of hydrogen-bond donors (Lipinski definition) is 2. The Kier molecular flexibility index (Phi) is 4.14. The fraction of sp³-hybridized carbons (Fsp3) is 0.650. The maximum absolute atomic E-state index is 12.6. The monoisotopic (exact) mass is 312 g/mol. The van der Waals surface area contributed by atoms with Crippen molar-refractivity contribution in [1.82, 2.24) is 10.6 Å². The van der Waals surface area contributed by atoms with Gasteiger partial charge in [0.2, 0.25) is 5.91 Å². The highest BCUT2D eigenvalue weighted by Gasteiger charge is 2.41. The number of carbonyl (C=O) groups is 1. The van der Waals surface area contributed by atoms with Crippen LogP contribution in [0.1, 0.15) is 56.9 Å². The zero-order valence-electron chi connectivity index (χ0n) is 13.9. The molecule has 2 N–H and O–H groups in total. The Hall–Kier alpha value is -1.35. The van der Waals surface area contributed by atoms with Gasteiger partial charge >= 0.3 is 0 Å². The maximum atomic E-state index is 12.6. The van der Waals surface area contributed by atoms with Gasteiger partial charge in [0.15, 0.2) is 0 Å². The van der Waals surface area contributed by atoms with Gasteiger partial charge in [0.1, 0.15) is 0 Å². The number of carbonyl (C=O) groups excluding carboxylic acids is 1. The summed E-state index contributed by atoms with van der Waals surface area (Å²) in [5.41, 5.74) is 1.57. The van der Waals surface area contributed by atoms with Gasteiger partial charge in [-0.1, -0.05) is 49.6 Å². The van der Waals surface area contributed by atoms with Gasteiger partial charge in [-0.15, -0.1) is 0 Å². The van der Waals surface area contributed by atoms with E-state index in [2.05, 4.69) is 41.0 Å². The Morgan fingerprint density at radius 2 is 1.91 bits per heavy atom. The fourth-order valence-electron chi connectivity index (χ4n) is 4.86. The molecule has 4 rings (SSSR count). The Morgan fingerprint density at radius 1 is 1.13 bits per heavy atom. The molecule has 2 saturated carbocycles. The number of rotatable bonds is 4.